The van der Waals surface area contributed by atoms with E-state index in [1.165, 1.54) is 12.3 Å². The van der Waals surface area contributed by atoms with Crippen LogP contribution < -0.4 is 5.32 Å². The lowest BCUT2D eigenvalue weighted by Crippen LogP contribution is -2.16. The molecule has 0 spiro atoms. The molecular formula is C23H14ClF6N3O. The molecule has 0 saturated carbocycles. The number of fused-ring (bicyclic) bond motifs is 1. The summed E-state index contributed by atoms with van der Waals surface area (Å²) in [5.74, 6) is -0.400. The maximum atomic E-state index is 13.4. The molecule has 0 aliphatic heterocycles. The Morgan fingerprint density at radius 3 is 2.18 bits per heavy atom. The second kappa shape index (κ2) is 8.68. The van der Waals surface area contributed by atoms with Gasteiger partial charge in [-0.1, -0.05) is 29.8 Å². The molecule has 0 amide bonds. The minimum Gasteiger partial charge on any atom is -0.505 e. The van der Waals surface area contributed by atoms with Crippen molar-refractivity contribution in [1.82, 2.24) is 9.97 Å². The highest BCUT2D eigenvalue weighted by Crippen LogP contribution is 2.41. The van der Waals surface area contributed by atoms with E-state index >= 15 is 0 Å². The average molecular weight is 498 g/mol. The van der Waals surface area contributed by atoms with Crippen LogP contribution in [0.3, 0.4) is 0 Å². The van der Waals surface area contributed by atoms with Crippen LogP contribution in [0.25, 0.3) is 10.9 Å². The molecule has 4 nitrogen and oxygen atoms in total. The highest BCUT2D eigenvalue weighted by molar-refractivity contribution is 6.31. The molecule has 0 aliphatic rings. The first-order chi connectivity index (χ1) is 15.9. The second-order valence-corrected chi connectivity index (χ2v) is 7.73. The van der Waals surface area contributed by atoms with E-state index in [-0.39, 0.29) is 33.2 Å². The van der Waals surface area contributed by atoms with E-state index in [9.17, 15) is 31.4 Å². The van der Waals surface area contributed by atoms with E-state index in [1.807, 2.05) is 0 Å². The highest BCUT2D eigenvalue weighted by atomic mass is 35.5. The number of alkyl halides is 6. The lowest BCUT2D eigenvalue weighted by molar-refractivity contribution is -0.138. The van der Waals surface area contributed by atoms with Gasteiger partial charge in [0.05, 0.1) is 17.2 Å². The van der Waals surface area contributed by atoms with Gasteiger partial charge in [-0.2, -0.15) is 26.3 Å². The van der Waals surface area contributed by atoms with E-state index in [4.69, 9.17) is 11.6 Å². The average Bonchev–Trinajstić information content (AvgIpc) is 2.78. The molecule has 2 aromatic heterocycles. The fourth-order valence-electron chi connectivity index (χ4n) is 3.44. The Morgan fingerprint density at radius 2 is 1.53 bits per heavy atom. The summed E-state index contributed by atoms with van der Waals surface area (Å²) in [7, 11) is 0. The van der Waals surface area contributed by atoms with Crippen molar-refractivity contribution in [3.8, 4) is 5.75 Å². The molecule has 176 valence electrons. The number of phenolic OH excluding ortho intramolecular Hbond substituents is 1. The highest BCUT2D eigenvalue weighted by Gasteiger charge is 2.33. The Hall–Kier alpha value is -3.53. The topological polar surface area (TPSA) is 58.0 Å². The van der Waals surface area contributed by atoms with Crippen molar-refractivity contribution >= 4 is 28.3 Å². The summed E-state index contributed by atoms with van der Waals surface area (Å²) >= 11 is 6.24. The molecule has 4 aromatic rings. The normalized spacial score (nSPS) is 13.1. The molecule has 0 aliphatic carbocycles. The molecule has 2 N–H and O–H groups in total. The molecule has 34 heavy (non-hydrogen) atoms. The molecule has 0 saturated heterocycles. The van der Waals surface area contributed by atoms with Gasteiger partial charge < -0.3 is 10.4 Å². The van der Waals surface area contributed by atoms with Crippen LogP contribution in [0.15, 0.2) is 67.0 Å². The fraction of sp³-hybridized carbons (Fsp3) is 0.130. The zero-order valence-electron chi connectivity index (χ0n) is 16.9. The van der Waals surface area contributed by atoms with E-state index in [0.717, 1.165) is 30.3 Å². The van der Waals surface area contributed by atoms with Crippen molar-refractivity contribution in [3.05, 3.63) is 94.3 Å². The number of phenols is 1. The minimum absolute atomic E-state index is 0.0575. The maximum Gasteiger partial charge on any atom is 0.417 e. The number of rotatable bonds is 4. The zero-order valence-corrected chi connectivity index (χ0v) is 17.7. The smallest absolute Gasteiger partial charge is 0.417 e. The number of aromatic hydroxyl groups is 1. The fourth-order valence-corrected chi connectivity index (χ4v) is 3.66. The van der Waals surface area contributed by atoms with Gasteiger partial charge >= 0.3 is 12.4 Å². The number of nitrogens with zero attached hydrogens (tertiary/aromatic N) is 2. The van der Waals surface area contributed by atoms with Crippen molar-refractivity contribution in [3.63, 3.8) is 0 Å². The Bertz CT molecular complexity index is 1340. The summed E-state index contributed by atoms with van der Waals surface area (Å²) in [6.45, 7) is 0. The van der Waals surface area contributed by atoms with Crippen LogP contribution in [0.2, 0.25) is 5.02 Å². The molecule has 0 bridgehead atoms. The van der Waals surface area contributed by atoms with Gasteiger partial charge in [0.1, 0.15) is 17.1 Å². The Labute approximate surface area is 193 Å². The van der Waals surface area contributed by atoms with Crippen molar-refractivity contribution < 1.29 is 31.4 Å². The van der Waals surface area contributed by atoms with Crippen LogP contribution in [0, 0.1) is 0 Å². The number of aromatic nitrogens is 2. The van der Waals surface area contributed by atoms with Crippen molar-refractivity contribution in [2.75, 3.05) is 5.32 Å². The Balaban J connectivity index is 1.87. The lowest BCUT2D eigenvalue weighted by atomic mass is 9.94. The first-order valence-corrected chi connectivity index (χ1v) is 10.1. The minimum atomic E-state index is -4.68. The number of benzene rings is 2. The number of anilines is 1. The molecular weight excluding hydrogens is 484 g/mol. The van der Waals surface area contributed by atoms with Crippen molar-refractivity contribution in [2.24, 2.45) is 0 Å². The van der Waals surface area contributed by atoms with Crippen LogP contribution in [-0.2, 0) is 12.4 Å². The Kier molecular flexibility index (Phi) is 6.03. The summed E-state index contributed by atoms with van der Waals surface area (Å²) in [6, 6.07) is 9.69. The van der Waals surface area contributed by atoms with E-state index in [1.54, 1.807) is 18.2 Å². The third kappa shape index (κ3) is 4.72. The third-order valence-electron chi connectivity index (χ3n) is 5.11. The number of nitrogens with one attached hydrogen (secondary N) is 1. The van der Waals surface area contributed by atoms with Gasteiger partial charge in [-0.15, -0.1) is 0 Å². The van der Waals surface area contributed by atoms with E-state index in [0.29, 0.717) is 11.6 Å². The summed E-state index contributed by atoms with van der Waals surface area (Å²) in [5, 5.41) is 14.2. The summed E-state index contributed by atoms with van der Waals surface area (Å²) in [4.78, 5) is 7.85. The van der Waals surface area contributed by atoms with Gasteiger partial charge in [-0.05, 0) is 42.0 Å². The van der Waals surface area contributed by atoms with Crippen LogP contribution >= 0.6 is 11.6 Å². The first-order valence-electron chi connectivity index (χ1n) is 9.68. The number of hydrogen-bond donors (Lipinski definition) is 2. The van der Waals surface area contributed by atoms with Crippen molar-refractivity contribution in [2.45, 2.75) is 18.4 Å². The van der Waals surface area contributed by atoms with Crippen LogP contribution in [0.5, 0.6) is 5.75 Å². The van der Waals surface area contributed by atoms with Gasteiger partial charge in [0.15, 0.2) is 0 Å². The van der Waals surface area contributed by atoms with Gasteiger partial charge in [0, 0.05) is 28.4 Å². The van der Waals surface area contributed by atoms with Crippen LogP contribution in [0.1, 0.15) is 28.3 Å². The summed E-state index contributed by atoms with van der Waals surface area (Å²) in [5.41, 5.74) is -1.75. The standard InChI is InChI=1S/C23H14ClF6N3O/c24-17-7-4-13(22(25,26)27)10-16(17)20(33-18-8-5-14(11-32-18)23(28,29)30)15-6-3-12-2-1-9-31-19(12)21(15)34/h1-11,20,34H,(H,32,33). The second-order valence-electron chi connectivity index (χ2n) is 7.32. The van der Waals surface area contributed by atoms with Crippen LogP contribution in [-0.4, -0.2) is 15.1 Å². The molecule has 11 heteroatoms. The Morgan fingerprint density at radius 1 is 0.824 bits per heavy atom. The molecule has 1 unspecified atom stereocenters. The quantitative estimate of drug-likeness (QED) is 0.292. The number of halogens is 7. The number of hydrogen-bond acceptors (Lipinski definition) is 4. The monoisotopic (exact) mass is 497 g/mol. The lowest BCUT2D eigenvalue weighted by Gasteiger charge is -2.24. The van der Waals surface area contributed by atoms with Crippen LogP contribution in [0.4, 0.5) is 32.2 Å². The van der Waals surface area contributed by atoms with Gasteiger partial charge in [0.25, 0.3) is 0 Å². The number of pyridine rings is 2. The zero-order chi connectivity index (χ0) is 24.7. The van der Waals surface area contributed by atoms with Gasteiger partial charge in [-0.25, -0.2) is 4.98 Å². The molecule has 4 rings (SSSR count). The van der Waals surface area contributed by atoms with E-state index in [2.05, 4.69) is 15.3 Å². The summed E-state index contributed by atoms with van der Waals surface area (Å²) in [6.07, 6.45) is -7.26. The van der Waals surface area contributed by atoms with Gasteiger partial charge in [0.2, 0.25) is 0 Å². The van der Waals surface area contributed by atoms with Gasteiger partial charge in [-0.3, -0.25) is 4.98 Å². The molecule has 2 heterocycles. The first kappa shape index (κ1) is 23.6. The SMILES string of the molecule is Oc1c(C(Nc2ccc(C(F)(F)F)cn2)c2cc(C(F)(F)F)ccc2Cl)ccc2cccnc12. The predicted octanol–water partition coefficient (Wildman–Crippen LogP) is 7.23. The third-order valence-corrected chi connectivity index (χ3v) is 5.45. The molecule has 1 atom stereocenters. The predicted molar refractivity (Wildman–Crippen MR) is 115 cm³/mol. The maximum absolute atomic E-state index is 13.4. The van der Waals surface area contributed by atoms with Crippen molar-refractivity contribution in [1.29, 1.82) is 0 Å². The molecule has 0 radical (unpaired) electrons. The molecule has 0 fully saturated rings. The molecule has 2 aromatic carbocycles. The van der Waals surface area contributed by atoms with E-state index < -0.39 is 29.5 Å². The largest absolute Gasteiger partial charge is 0.505 e. The summed E-state index contributed by atoms with van der Waals surface area (Å²) < 4.78 is 78.9.